The van der Waals surface area contributed by atoms with Gasteiger partial charge in [0.2, 0.25) is 5.78 Å². The first-order chi connectivity index (χ1) is 8.95. The number of fused-ring (bicyclic) bond motifs is 5. The van der Waals surface area contributed by atoms with Gasteiger partial charge in [-0.05, 0) is 0 Å². The molecule has 3 aliphatic carbocycles. The molecule has 20 heavy (non-hydrogen) atoms. The highest BCUT2D eigenvalue weighted by atomic mass is 35.5. The highest BCUT2D eigenvalue weighted by molar-refractivity contribution is 6.76. The third-order valence-corrected chi connectivity index (χ3v) is 9.19. The standard InChI is InChI=1S/C10Cl8O2/c11-1-2(12)9(17)7(15)3(13)4(14)8(16,6(7)20)10(9,18)5(1)19/t7-,8+,9-,10+/m0/s1. The van der Waals surface area contributed by atoms with Gasteiger partial charge in [0, 0.05) is 0 Å². The number of Topliss-reactive ketones (excluding diaryl/α,β-unsaturated/α-hetero) is 2. The van der Waals surface area contributed by atoms with Crippen LogP contribution in [0.5, 0.6) is 0 Å². The maximum atomic E-state index is 12.5. The number of halogens is 8. The van der Waals surface area contributed by atoms with Gasteiger partial charge >= 0.3 is 0 Å². The maximum absolute atomic E-state index is 12.5. The third kappa shape index (κ3) is 1.09. The quantitative estimate of drug-likeness (QED) is 0.527. The van der Waals surface area contributed by atoms with E-state index < -0.39 is 36.1 Å². The third-order valence-electron chi connectivity index (χ3n) is 3.85. The number of carbonyl (C=O) groups is 2. The van der Waals surface area contributed by atoms with E-state index in [9.17, 15) is 9.59 Å². The van der Waals surface area contributed by atoms with E-state index in [1.165, 1.54) is 0 Å². The van der Waals surface area contributed by atoms with Crippen LogP contribution in [-0.2, 0) is 9.59 Å². The highest BCUT2D eigenvalue weighted by Gasteiger charge is 2.93. The summed E-state index contributed by atoms with van der Waals surface area (Å²) in [5, 5.41) is -1.50. The summed E-state index contributed by atoms with van der Waals surface area (Å²) in [6.07, 6.45) is 0. The van der Waals surface area contributed by atoms with Gasteiger partial charge in [-0.3, -0.25) is 9.59 Å². The van der Waals surface area contributed by atoms with Gasteiger partial charge in [0.25, 0.3) is 0 Å². The normalized spacial score (nSPS) is 50.6. The summed E-state index contributed by atoms with van der Waals surface area (Å²) in [4.78, 5) is 16.2. The van der Waals surface area contributed by atoms with E-state index in [1.54, 1.807) is 0 Å². The van der Waals surface area contributed by atoms with Crippen LogP contribution >= 0.6 is 92.8 Å². The second kappa shape index (κ2) is 3.96. The van der Waals surface area contributed by atoms with E-state index in [2.05, 4.69) is 0 Å². The van der Waals surface area contributed by atoms with E-state index in [1.807, 2.05) is 0 Å². The van der Waals surface area contributed by atoms with Crippen molar-refractivity contribution in [3.8, 4) is 0 Å². The molecule has 2 bridgehead atoms. The van der Waals surface area contributed by atoms with E-state index in [0.29, 0.717) is 0 Å². The van der Waals surface area contributed by atoms with Gasteiger partial charge in [-0.25, -0.2) is 0 Å². The largest absolute Gasteiger partial charge is 0.295 e. The van der Waals surface area contributed by atoms with Crippen LogP contribution in [-0.4, -0.2) is 31.1 Å². The first kappa shape index (κ1) is 16.0. The van der Waals surface area contributed by atoms with Crippen LogP contribution in [0.3, 0.4) is 0 Å². The molecule has 1 fully saturated rings. The molecule has 0 aromatic rings. The molecule has 0 spiro atoms. The molecule has 3 rings (SSSR count). The molecule has 0 N–H and O–H groups in total. The molecule has 0 saturated heterocycles. The van der Waals surface area contributed by atoms with Crippen molar-refractivity contribution in [2.45, 2.75) is 19.5 Å². The zero-order valence-electron chi connectivity index (χ0n) is 8.84. The van der Waals surface area contributed by atoms with Gasteiger partial charge in [-0.15, -0.1) is 46.4 Å². The lowest BCUT2D eigenvalue weighted by Crippen LogP contribution is -2.61. The number of carbonyl (C=O) groups excluding carboxylic acids is 2. The fourth-order valence-electron chi connectivity index (χ4n) is 2.85. The highest BCUT2D eigenvalue weighted by Crippen LogP contribution is 2.77. The fraction of sp³-hybridized carbons (Fsp3) is 0.400. The van der Waals surface area contributed by atoms with Gasteiger partial charge in [-0.2, -0.15) is 0 Å². The lowest BCUT2D eigenvalue weighted by molar-refractivity contribution is -0.122. The van der Waals surface area contributed by atoms with Crippen LogP contribution in [0.25, 0.3) is 0 Å². The summed E-state index contributed by atoms with van der Waals surface area (Å²) < 4.78 is 0. The average Bonchev–Trinajstić information content (AvgIpc) is 2.70. The van der Waals surface area contributed by atoms with Gasteiger partial charge in [0.15, 0.2) is 20.4 Å². The van der Waals surface area contributed by atoms with Gasteiger partial charge in [0.1, 0.15) is 9.91 Å². The molecule has 0 amide bonds. The van der Waals surface area contributed by atoms with Crippen molar-refractivity contribution in [3.63, 3.8) is 0 Å². The minimum atomic E-state index is -2.24. The van der Waals surface area contributed by atoms with Gasteiger partial charge in [0.05, 0.1) is 15.1 Å². The summed E-state index contributed by atoms with van der Waals surface area (Å²) in [7, 11) is 0. The molecular formula is C10Cl8O2. The molecule has 3 aliphatic rings. The number of hydrogen-bond acceptors (Lipinski definition) is 2. The first-order valence-corrected chi connectivity index (χ1v) is 7.94. The summed E-state index contributed by atoms with van der Waals surface area (Å²) in [5.74, 6) is -1.82. The Morgan fingerprint density at radius 3 is 1.50 bits per heavy atom. The summed E-state index contributed by atoms with van der Waals surface area (Å²) >= 11 is 49.0. The van der Waals surface area contributed by atoms with Crippen LogP contribution in [0.2, 0.25) is 0 Å². The van der Waals surface area contributed by atoms with Crippen molar-refractivity contribution in [2.75, 3.05) is 0 Å². The molecular weight excluding hydrogens is 436 g/mol. The lowest BCUT2D eigenvalue weighted by atomic mass is 9.82. The number of hydrogen-bond donors (Lipinski definition) is 0. The van der Waals surface area contributed by atoms with Crippen LogP contribution in [0.4, 0.5) is 0 Å². The maximum Gasteiger partial charge on any atom is 0.201 e. The minimum absolute atomic E-state index is 0.315. The Morgan fingerprint density at radius 1 is 0.650 bits per heavy atom. The molecule has 4 atom stereocenters. The second-order valence-corrected chi connectivity index (χ2v) is 8.33. The number of allylic oxidation sites excluding steroid dienone is 4. The minimum Gasteiger partial charge on any atom is -0.295 e. The predicted molar refractivity (Wildman–Crippen MR) is 81.8 cm³/mol. The van der Waals surface area contributed by atoms with Crippen LogP contribution < -0.4 is 0 Å². The van der Waals surface area contributed by atoms with Gasteiger partial charge < -0.3 is 0 Å². The lowest BCUT2D eigenvalue weighted by Gasteiger charge is -2.43. The molecule has 108 valence electrons. The zero-order valence-corrected chi connectivity index (χ0v) is 14.9. The molecule has 1 saturated carbocycles. The van der Waals surface area contributed by atoms with Crippen LogP contribution in [0, 0.1) is 0 Å². The molecule has 10 heteroatoms. The summed E-state index contributed by atoms with van der Waals surface area (Å²) in [6.45, 7) is 0. The number of rotatable bonds is 0. The molecule has 0 unspecified atom stereocenters. The summed E-state index contributed by atoms with van der Waals surface area (Å²) in [5.41, 5.74) is 0. The Kier molecular flexibility index (Phi) is 3.17. The Labute approximate surface area is 152 Å². The molecule has 0 aromatic heterocycles. The molecule has 0 heterocycles. The molecule has 0 radical (unpaired) electrons. The van der Waals surface area contributed by atoms with Crippen molar-refractivity contribution < 1.29 is 9.59 Å². The Balaban J connectivity index is 2.53. The smallest absolute Gasteiger partial charge is 0.201 e. The first-order valence-electron chi connectivity index (χ1n) is 4.92. The molecule has 0 aliphatic heterocycles. The fourth-order valence-corrected chi connectivity index (χ4v) is 6.72. The topological polar surface area (TPSA) is 34.1 Å². The van der Waals surface area contributed by atoms with Crippen molar-refractivity contribution in [2.24, 2.45) is 0 Å². The Hall–Kier alpha value is 1.14. The SMILES string of the molecule is O=C1[C@]2(Cl)C(Cl)=C(Cl)[C@@]1(Cl)[C@@]1(Cl)C(Cl)=C(Cl)C(=O)[C@@]21Cl. The van der Waals surface area contributed by atoms with Crippen molar-refractivity contribution in [3.05, 3.63) is 20.1 Å². The van der Waals surface area contributed by atoms with E-state index >= 15 is 0 Å². The predicted octanol–water partition coefficient (Wildman–Crippen LogP) is 4.45. The van der Waals surface area contributed by atoms with Gasteiger partial charge in [-0.1, -0.05) is 46.4 Å². The Morgan fingerprint density at radius 2 is 1.05 bits per heavy atom. The van der Waals surface area contributed by atoms with E-state index in [4.69, 9.17) is 92.8 Å². The van der Waals surface area contributed by atoms with Crippen LogP contribution in [0.15, 0.2) is 20.1 Å². The number of ketones is 2. The molecule has 2 nitrogen and oxygen atoms in total. The van der Waals surface area contributed by atoms with Crippen molar-refractivity contribution in [1.29, 1.82) is 0 Å². The van der Waals surface area contributed by atoms with Crippen molar-refractivity contribution in [1.82, 2.24) is 0 Å². The van der Waals surface area contributed by atoms with E-state index in [0.717, 1.165) is 0 Å². The average molecular weight is 436 g/mol. The zero-order chi connectivity index (χ0) is 15.5. The summed E-state index contributed by atoms with van der Waals surface area (Å²) in [6, 6.07) is 0. The van der Waals surface area contributed by atoms with E-state index in [-0.39, 0.29) is 15.1 Å². The molecule has 0 aromatic carbocycles. The van der Waals surface area contributed by atoms with Crippen LogP contribution in [0.1, 0.15) is 0 Å². The monoisotopic (exact) mass is 432 g/mol. The second-order valence-electron chi connectivity index (χ2n) is 4.55. The van der Waals surface area contributed by atoms with Crippen molar-refractivity contribution >= 4 is 104 Å². The Bertz CT molecular complexity index is 683. The number of alkyl halides is 4.